The van der Waals surface area contributed by atoms with E-state index in [9.17, 15) is 13.2 Å². The Morgan fingerprint density at radius 2 is 1.90 bits per heavy atom. The highest BCUT2D eigenvalue weighted by Crippen LogP contribution is 2.31. The number of aliphatic imine (C=N–C) groups is 1. The molecule has 10 heteroatoms. The predicted molar refractivity (Wildman–Crippen MR) is 129 cm³/mol. The van der Waals surface area contributed by atoms with Crippen molar-refractivity contribution in [1.29, 1.82) is 0 Å². The summed E-state index contributed by atoms with van der Waals surface area (Å²) in [6.45, 7) is 4.93. The lowest BCUT2D eigenvalue weighted by molar-refractivity contribution is -0.142. The maximum Gasteiger partial charge on any atom is 0.401 e. The summed E-state index contributed by atoms with van der Waals surface area (Å²) in [6.07, 6.45) is -1.86. The van der Waals surface area contributed by atoms with E-state index < -0.39 is 12.7 Å². The van der Waals surface area contributed by atoms with Crippen LogP contribution < -0.4 is 15.4 Å². The highest BCUT2D eigenvalue weighted by molar-refractivity contribution is 14.0. The summed E-state index contributed by atoms with van der Waals surface area (Å²) in [6, 6.07) is 8.08. The molecule has 1 aromatic carbocycles. The van der Waals surface area contributed by atoms with Crippen molar-refractivity contribution in [3.8, 4) is 5.75 Å². The summed E-state index contributed by atoms with van der Waals surface area (Å²) in [4.78, 5) is 8.41. The first-order valence-electron chi connectivity index (χ1n) is 10.5. The van der Waals surface area contributed by atoms with E-state index in [0.29, 0.717) is 25.6 Å². The maximum atomic E-state index is 12.5. The van der Waals surface area contributed by atoms with Gasteiger partial charge in [0.2, 0.25) is 0 Å². The van der Waals surface area contributed by atoms with E-state index in [1.54, 1.807) is 7.11 Å². The molecule has 0 bridgehead atoms. The van der Waals surface area contributed by atoms with E-state index >= 15 is 0 Å². The number of rotatable bonds is 10. The molecule has 1 atom stereocenters. The highest BCUT2D eigenvalue weighted by atomic mass is 127. The number of likely N-dealkylation sites (tertiary alicyclic amines) is 1. The molecule has 0 spiro atoms. The summed E-state index contributed by atoms with van der Waals surface area (Å²) < 4.78 is 43.0. The van der Waals surface area contributed by atoms with Crippen molar-refractivity contribution in [3.63, 3.8) is 0 Å². The van der Waals surface area contributed by atoms with Crippen molar-refractivity contribution in [2.45, 2.75) is 32.0 Å². The Balaban J connectivity index is 0.00000480. The van der Waals surface area contributed by atoms with Crippen LogP contribution in [0, 0.1) is 0 Å². The van der Waals surface area contributed by atoms with E-state index in [2.05, 4.69) is 21.6 Å². The molecule has 0 aliphatic carbocycles. The summed E-state index contributed by atoms with van der Waals surface area (Å²) >= 11 is 0. The van der Waals surface area contributed by atoms with Crippen LogP contribution in [0.3, 0.4) is 0 Å². The van der Waals surface area contributed by atoms with Crippen molar-refractivity contribution >= 4 is 29.9 Å². The Hall–Kier alpha value is -1.27. The number of ether oxygens (including phenoxy) is 1. The molecule has 178 valence electrons. The molecule has 1 saturated heterocycles. The first kappa shape index (κ1) is 27.8. The Morgan fingerprint density at radius 1 is 1.23 bits per heavy atom. The number of para-hydroxylation sites is 1. The minimum atomic E-state index is -4.19. The maximum absolute atomic E-state index is 12.5. The number of halogens is 4. The van der Waals surface area contributed by atoms with Gasteiger partial charge in [-0.05, 0) is 46.0 Å². The molecule has 1 heterocycles. The highest BCUT2D eigenvalue weighted by Gasteiger charge is 2.29. The third-order valence-corrected chi connectivity index (χ3v) is 5.08. The zero-order valence-corrected chi connectivity index (χ0v) is 20.9. The second-order valence-electron chi connectivity index (χ2n) is 7.50. The minimum absolute atomic E-state index is 0. The van der Waals surface area contributed by atoms with Crippen LogP contribution >= 0.6 is 24.0 Å². The van der Waals surface area contributed by atoms with Crippen molar-refractivity contribution in [1.82, 2.24) is 20.4 Å². The van der Waals surface area contributed by atoms with Crippen LogP contribution in [0.4, 0.5) is 13.2 Å². The molecule has 1 aromatic rings. The fourth-order valence-corrected chi connectivity index (χ4v) is 3.68. The van der Waals surface area contributed by atoms with Crippen molar-refractivity contribution < 1.29 is 17.9 Å². The number of likely N-dealkylation sites (N-methyl/N-ethyl adjacent to an activating group) is 1. The predicted octanol–water partition coefficient (Wildman–Crippen LogP) is 3.50. The lowest BCUT2D eigenvalue weighted by Gasteiger charge is -2.28. The Bertz CT molecular complexity index is 669. The third-order valence-electron chi connectivity index (χ3n) is 5.08. The first-order chi connectivity index (χ1) is 14.3. The number of hydrogen-bond donors (Lipinski definition) is 2. The Morgan fingerprint density at radius 3 is 2.52 bits per heavy atom. The monoisotopic (exact) mass is 557 g/mol. The summed E-state index contributed by atoms with van der Waals surface area (Å²) in [5.41, 5.74) is 1.10. The number of hydrogen-bond acceptors (Lipinski definition) is 4. The van der Waals surface area contributed by atoms with Crippen LogP contribution in [0.25, 0.3) is 0 Å². The van der Waals surface area contributed by atoms with Crippen molar-refractivity contribution in [2.75, 3.05) is 60.0 Å². The number of methoxy groups -OCH3 is 1. The van der Waals surface area contributed by atoms with Crippen LogP contribution in [0.5, 0.6) is 5.75 Å². The second kappa shape index (κ2) is 14.0. The number of guanidine groups is 1. The van der Waals surface area contributed by atoms with Gasteiger partial charge in [0.1, 0.15) is 5.75 Å². The molecule has 0 amide bonds. The van der Waals surface area contributed by atoms with Gasteiger partial charge in [0, 0.05) is 25.2 Å². The number of nitrogens with zero attached hydrogens (tertiary/aromatic N) is 3. The summed E-state index contributed by atoms with van der Waals surface area (Å²) in [5, 5.41) is 6.32. The molecule has 1 aliphatic rings. The molecular formula is C21H35F3IN5O. The molecule has 0 radical (unpaired) electrons. The van der Waals surface area contributed by atoms with Gasteiger partial charge in [0.05, 0.1) is 26.2 Å². The quantitative estimate of drug-likeness (QED) is 0.262. The van der Waals surface area contributed by atoms with E-state index in [1.807, 2.05) is 25.1 Å². The van der Waals surface area contributed by atoms with E-state index in [1.165, 1.54) is 24.8 Å². The van der Waals surface area contributed by atoms with Gasteiger partial charge < -0.3 is 15.4 Å². The number of benzene rings is 1. The largest absolute Gasteiger partial charge is 0.496 e. The topological polar surface area (TPSA) is 52.1 Å². The fourth-order valence-electron chi connectivity index (χ4n) is 3.68. The first-order valence-corrected chi connectivity index (χ1v) is 10.5. The average molecular weight is 557 g/mol. The van der Waals surface area contributed by atoms with Gasteiger partial charge >= 0.3 is 6.18 Å². The van der Waals surface area contributed by atoms with Crippen LogP contribution in [0.15, 0.2) is 29.3 Å². The molecule has 0 saturated carbocycles. The van der Waals surface area contributed by atoms with Gasteiger partial charge in [-0.15, -0.1) is 24.0 Å². The lowest BCUT2D eigenvalue weighted by atomic mass is 10.0. The smallest absolute Gasteiger partial charge is 0.401 e. The fraction of sp³-hybridized carbons (Fsp3) is 0.667. The standard InChI is InChI=1S/C21H34F3N5O.HI/c1-4-25-20(26-11-14-28(2)16-21(22,23)24)27-15-18(29-12-7-8-13-29)17-9-5-6-10-19(17)30-3;/h5-6,9-10,18H,4,7-8,11-16H2,1-3H3,(H2,25,26,27);1H. The van der Waals surface area contributed by atoms with Gasteiger partial charge in [0.25, 0.3) is 0 Å². The zero-order chi connectivity index (χ0) is 22.0. The normalized spacial score (nSPS) is 16.2. The van der Waals surface area contributed by atoms with Crippen LogP contribution in [0.1, 0.15) is 31.4 Å². The number of alkyl halides is 3. The van der Waals surface area contributed by atoms with Gasteiger partial charge in [-0.3, -0.25) is 14.8 Å². The van der Waals surface area contributed by atoms with Gasteiger partial charge in [-0.1, -0.05) is 18.2 Å². The number of nitrogens with one attached hydrogen (secondary N) is 2. The van der Waals surface area contributed by atoms with Crippen molar-refractivity contribution in [2.24, 2.45) is 4.99 Å². The zero-order valence-electron chi connectivity index (χ0n) is 18.5. The molecule has 2 N–H and O–H groups in total. The third kappa shape index (κ3) is 9.82. The van der Waals surface area contributed by atoms with Crippen LogP contribution in [-0.4, -0.2) is 81.9 Å². The van der Waals surface area contributed by atoms with Crippen LogP contribution in [-0.2, 0) is 0 Å². The van der Waals surface area contributed by atoms with Gasteiger partial charge in [0.15, 0.2) is 5.96 Å². The minimum Gasteiger partial charge on any atom is -0.496 e. The molecular weight excluding hydrogens is 522 g/mol. The summed E-state index contributed by atoms with van der Waals surface area (Å²) in [5.74, 6) is 1.45. The Labute approximate surface area is 200 Å². The molecule has 1 aliphatic heterocycles. The molecule has 1 unspecified atom stereocenters. The van der Waals surface area contributed by atoms with Gasteiger partial charge in [-0.25, -0.2) is 0 Å². The molecule has 31 heavy (non-hydrogen) atoms. The SMILES string of the molecule is CCNC(=NCC(c1ccccc1OC)N1CCCC1)NCCN(C)CC(F)(F)F.I. The average Bonchev–Trinajstić information content (AvgIpc) is 3.21. The van der Waals surface area contributed by atoms with E-state index in [4.69, 9.17) is 9.73 Å². The van der Waals surface area contributed by atoms with E-state index in [-0.39, 0.29) is 36.6 Å². The molecule has 2 rings (SSSR count). The van der Waals surface area contributed by atoms with E-state index in [0.717, 1.165) is 24.4 Å². The lowest BCUT2D eigenvalue weighted by Crippen LogP contribution is -2.43. The van der Waals surface area contributed by atoms with Crippen LogP contribution in [0.2, 0.25) is 0 Å². The summed E-state index contributed by atoms with van der Waals surface area (Å²) in [7, 11) is 3.14. The molecule has 6 nitrogen and oxygen atoms in total. The molecule has 0 aromatic heterocycles. The Kier molecular flexibility index (Phi) is 12.5. The second-order valence-corrected chi connectivity index (χ2v) is 7.50. The van der Waals surface area contributed by atoms with Crippen molar-refractivity contribution in [3.05, 3.63) is 29.8 Å². The van der Waals surface area contributed by atoms with Gasteiger partial charge in [-0.2, -0.15) is 13.2 Å². The molecule has 1 fully saturated rings.